The van der Waals surface area contributed by atoms with E-state index in [0.29, 0.717) is 6.42 Å². The molecule has 0 spiro atoms. The summed E-state index contributed by atoms with van der Waals surface area (Å²) in [7, 11) is 5.60. The van der Waals surface area contributed by atoms with Crippen molar-refractivity contribution in [3.05, 3.63) is 35.9 Å². The predicted octanol–water partition coefficient (Wildman–Crippen LogP) is 4.47. The Morgan fingerprint density at radius 2 is 1.68 bits per heavy atom. The molecule has 0 aliphatic carbocycles. The number of fused-ring (bicyclic) bond motifs is 1. The number of aliphatic hydroxyl groups excluding tert-OH is 1. The number of cyclic esters (lactones) is 1. The molecule has 13 nitrogen and oxygen atoms in total. The largest absolute Gasteiger partial charge is 0.458 e. The first-order chi connectivity index (χ1) is 24.9. The first-order valence-electron chi connectivity index (χ1n) is 19.0. The zero-order valence-electron chi connectivity index (χ0n) is 33.4. The van der Waals surface area contributed by atoms with Gasteiger partial charge in [-0.3, -0.25) is 14.4 Å². The van der Waals surface area contributed by atoms with Crippen LogP contribution < -0.4 is 5.73 Å². The third-order valence-corrected chi connectivity index (χ3v) is 12.1. The fourth-order valence-electron chi connectivity index (χ4n) is 8.85. The Labute approximate surface area is 315 Å². The molecule has 0 saturated carbocycles. The molecule has 0 radical (unpaired) electrons. The van der Waals surface area contributed by atoms with E-state index in [0.717, 1.165) is 12.0 Å². The lowest BCUT2D eigenvalue weighted by Crippen LogP contribution is -2.57. The standard InChI is InChI=1S/C40H63N3O10/c1-12-29-40(8)32(31(38(47)53-40)36(41)42-49-21-27-16-14-13-15-17-27)24(4)33(44)22(2)20-39(7,48-11)35(25(5)34(45)26(6)37(46)51-29)52-30-19-28(43(9)10)18-23(3)50-30/h13-17,22-26,28-32,34-35,45H,12,18-21H2,1-11H3,(H2,41,42)/t22-,23-,24-,25+,26-,28+,29+,30?,31-,32+,34-,35-,39-,40+/m1/s1. The summed E-state index contributed by atoms with van der Waals surface area (Å²) in [5.74, 6) is -6.80. The number of amidine groups is 1. The van der Waals surface area contributed by atoms with E-state index in [1.807, 2.05) is 79.0 Å². The lowest BCUT2D eigenvalue weighted by molar-refractivity contribution is -0.271. The molecule has 13 heteroatoms. The number of carbonyl (C=O) groups excluding carboxylic acids is 3. The monoisotopic (exact) mass is 745 g/mol. The highest BCUT2D eigenvalue weighted by atomic mass is 16.7. The van der Waals surface area contributed by atoms with Crippen molar-refractivity contribution in [3.8, 4) is 0 Å². The zero-order valence-corrected chi connectivity index (χ0v) is 33.4. The number of benzene rings is 1. The third-order valence-electron chi connectivity index (χ3n) is 12.1. The van der Waals surface area contributed by atoms with Crippen LogP contribution >= 0.6 is 0 Å². The molecule has 3 heterocycles. The van der Waals surface area contributed by atoms with Gasteiger partial charge >= 0.3 is 11.9 Å². The number of hydrogen-bond acceptors (Lipinski definition) is 12. The second-order valence-electron chi connectivity index (χ2n) is 16.2. The molecule has 53 heavy (non-hydrogen) atoms. The van der Waals surface area contributed by atoms with Crippen molar-refractivity contribution in [2.45, 2.75) is 136 Å². The quantitative estimate of drug-likeness (QED) is 0.158. The van der Waals surface area contributed by atoms with E-state index < -0.39 is 83.3 Å². The molecule has 0 aromatic heterocycles. The van der Waals surface area contributed by atoms with Gasteiger partial charge in [-0.2, -0.15) is 0 Å². The number of aliphatic hydroxyl groups is 1. The second kappa shape index (κ2) is 17.6. The summed E-state index contributed by atoms with van der Waals surface area (Å²) >= 11 is 0. The summed E-state index contributed by atoms with van der Waals surface area (Å²) in [5, 5.41) is 16.0. The molecule has 1 unspecified atom stereocenters. The maximum absolute atomic E-state index is 14.6. The minimum Gasteiger partial charge on any atom is -0.458 e. The number of carbonyl (C=O) groups is 3. The summed E-state index contributed by atoms with van der Waals surface area (Å²) in [5.41, 5.74) is 4.77. The number of methoxy groups -OCH3 is 1. The van der Waals surface area contributed by atoms with Crippen LogP contribution in [0.3, 0.4) is 0 Å². The van der Waals surface area contributed by atoms with Gasteiger partial charge < -0.3 is 44.3 Å². The number of hydrogen-bond donors (Lipinski definition) is 2. The SMILES string of the molecule is CC[C@@H]1OC(=O)[C@H](C)[C@H](O)[C@H](C)[C@@H](OC2C[C@@H](N(C)C)C[C@@H](C)O2)[C@](C)(OC)C[C@@H](C)C(=O)[C@H](C)[C@H]2[C@H](/C(N)=N/OCc3ccccc3)C(=O)O[C@]21C. The first kappa shape index (κ1) is 42.6. The predicted molar refractivity (Wildman–Crippen MR) is 198 cm³/mol. The van der Waals surface area contributed by atoms with Crippen LogP contribution in [-0.2, 0) is 49.5 Å². The average Bonchev–Trinajstić information content (AvgIpc) is 3.40. The molecule has 4 rings (SSSR count). The van der Waals surface area contributed by atoms with Gasteiger partial charge in [0.25, 0.3) is 0 Å². The highest BCUT2D eigenvalue weighted by Crippen LogP contribution is 2.48. The van der Waals surface area contributed by atoms with Gasteiger partial charge in [0.2, 0.25) is 0 Å². The van der Waals surface area contributed by atoms with Crippen molar-refractivity contribution in [3.63, 3.8) is 0 Å². The van der Waals surface area contributed by atoms with Gasteiger partial charge in [0.05, 0.1) is 29.8 Å². The van der Waals surface area contributed by atoms with E-state index in [1.54, 1.807) is 27.9 Å². The van der Waals surface area contributed by atoms with Crippen LogP contribution in [0.15, 0.2) is 35.5 Å². The van der Waals surface area contributed by atoms with E-state index in [-0.39, 0.29) is 43.2 Å². The Morgan fingerprint density at radius 3 is 2.28 bits per heavy atom. The molecule has 0 bridgehead atoms. The van der Waals surface area contributed by atoms with Gasteiger partial charge in [-0.1, -0.05) is 63.2 Å². The maximum Gasteiger partial charge on any atom is 0.317 e. The van der Waals surface area contributed by atoms with Crippen LogP contribution in [0.5, 0.6) is 0 Å². The average molecular weight is 746 g/mol. The van der Waals surface area contributed by atoms with E-state index >= 15 is 0 Å². The van der Waals surface area contributed by atoms with Gasteiger partial charge in [0.15, 0.2) is 17.7 Å². The molecule has 3 N–H and O–H groups in total. The molecule has 1 aromatic carbocycles. The Balaban J connectivity index is 1.75. The van der Waals surface area contributed by atoms with E-state index in [2.05, 4.69) is 10.1 Å². The summed E-state index contributed by atoms with van der Waals surface area (Å²) < 4.78 is 31.5. The number of nitrogens with two attached hydrogens (primary N) is 1. The van der Waals surface area contributed by atoms with Crippen molar-refractivity contribution in [1.29, 1.82) is 0 Å². The van der Waals surface area contributed by atoms with Gasteiger partial charge in [-0.05, 0) is 66.6 Å². The van der Waals surface area contributed by atoms with Crippen molar-refractivity contribution in [2.75, 3.05) is 21.2 Å². The van der Waals surface area contributed by atoms with Gasteiger partial charge in [-0.25, -0.2) is 0 Å². The number of esters is 2. The second-order valence-corrected chi connectivity index (χ2v) is 16.2. The van der Waals surface area contributed by atoms with Crippen LogP contribution in [0, 0.1) is 35.5 Å². The topological polar surface area (TPSA) is 168 Å². The summed E-state index contributed by atoms with van der Waals surface area (Å²) in [6.45, 7) is 14.5. The van der Waals surface area contributed by atoms with E-state index in [9.17, 15) is 19.5 Å². The Bertz CT molecular complexity index is 1440. The first-order valence-corrected chi connectivity index (χ1v) is 19.0. The van der Waals surface area contributed by atoms with Crippen molar-refractivity contribution in [1.82, 2.24) is 4.90 Å². The maximum atomic E-state index is 14.6. The Kier molecular flexibility index (Phi) is 14.1. The Hall–Kier alpha value is -3.10. The van der Waals surface area contributed by atoms with Crippen LogP contribution in [0.4, 0.5) is 0 Å². The summed E-state index contributed by atoms with van der Waals surface area (Å²) in [4.78, 5) is 50.1. The molecule has 298 valence electrons. The number of ether oxygens (including phenoxy) is 5. The number of nitrogens with zero attached hydrogens (tertiary/aromatic N) is 2. The van der Waals surface area contributed by atoms with Gasteiger partial charge in [0.1, 0.15) is 24.4 Å². The molecular weight excluding hydrogens is 682 g/mol. The molecule has 3 aliphatic rings. The third kappa shape index (κ3) is 9.24. The van der Waals surface area contributed by atoms with Crippen molar-refractivity contribution in [2.24, 2.45) is 46.4 Å². The minimum atomic E-state index is -1.46. The normalized spacial score (nSPS) is 40.6. The number of rotatable bonds is 9. The summed E-state index contributed by atoms with van der Waals surface area (Å²) in [6, 6.07) is 9.58. The molecular formula is C40H63N3O10. The Morgan fingerprint density at radius 1 is 1.02 bits per heavy atom. The number of Topliss-reactive ketones (excluding diaryl/α,β-unsaturated/α-hetero) is 1. The molecule has 0 amide bonds. The highest BCUT2D eigenvalue weighted by molar-refractivity contribution is 6.02. The fraction of sp³-hybridized carbons (Fsp3) is 0.750. The van der Waals surface area contributed by atoms with Crippen molar-refractivity contribution < 1.29 is 48.0 Å². The number of ketones is 1. The molecule has 3 saturated heterocycles. The van der Waals surface area contributed by atoms with Crippen LogP contribution in [-0.4, -0.2) is 103 Å². The molecule has 14 atom stereocenters. The van der Waals surface area contributed by atoms with Gasteiger partial charge in [-0.15, -0.1) is 0 Å². The van der Waals surface area contributed by atoms with Gasteiger partial charge in [0, 0.05) is 43.2 Å². The highest BCUT2D eigenvalue weighted by Gasteiger charge is 2.62. The smallest absolute Gasteiger partial charge is 0.317 e. The zero-order chi connectivity index (χ0) is 39.4. The van der Waals surface area contributed by atoms with Crippen LogP contribution in [0.25, 0.3) is 0 Å². The van der Waals surface area contributed by atoms with Crippen LogP contribution in [0.1, 0.15) is 86.6 Å². The molecule has 1 aromatic rings. The number of oxime groups is 1. The van der Waals surface area contributed by atoms with E-state index in [4.69, 9.17) is 34.3 Å². The lowest BCUT2D eigenvalue weighted by atomic mass is 9.67. The molecule has 3 fully saturated rings. The lowest BCUT2D eigenvalue weighted by Gasteiger charge is -2.47. The molecule has 3 aliphatic heterocycles. The van der Waals surface area contributed by atoms with E-state index in [1.165, 1.54) is 0 Å². The summed E-state index contributed by atoms with van der Waals surface area (Å²) in [6.07, 6.45) is -1.81. The van der Waals surface area contributed by atoms with Crippen LogP contribution in [0.2, 0.25) is 0 Å². The minimum absolute atomic E-state index is 0.0757. The van der Waals surface area contributed by atoms with Crippen molar-refractivity contribution >= 4 is 23.6 Å². The fourth-order valence-corrected chi connectivity index (χ4v) is 8.85.